The molecule has 0 saturated heterocycles. The first-order valence-electron chi connectivity index (χ1n) is 6.32. The number of halogens is 1. The van der Waals surface area contributed by atoms with Crippen molar-refractivity contribution in [2.45, 2.75) is 25.5 Å². The number of hydrogen-bond donors (Lipinski definition) is 1. The van der Waals surface area contributed by atoms with Crippen LogP contribution in [0.15, 0.2) is 24.3 Å². The maximum Gasteiger partial charge on any atom is 0.218 e. The maximum absolute atomic E-state index is 12.8. The molecule has 0 aliphatic carbocycles. The second-order valence-electron chi connectivity index (χ2n) is 4.36. The summed E-state index contributed by atoms with van der Waals surface area (Å²) < 4.78 is 38.5. The quantitative estimate of drug-likeness (QED) is 0.793. The van der Waals surface area contributed by atoms with E-state index in [4.69, 9.17) is 5.11 Å². The van der Waals surface area contributed by atoms with Crippen molar-refractivity contribution in [3.8, 4) is 0 Å². The topological polar surface area (TPSA) is 57.6 Å². The van der Waals surface area contributed by atoms with Crippen LogP contribution in [0, 0.1) is 5.82 Å². The molecule has 0 aromatic heterocycles. The lowest BCUT2D eigenvalue weighted by atomic mass is 10.2. The Morgan fingerprint density at radius 3 is 2.37 bits per heavy atom. The fourth-order valence-corrected chi connectivity index (χ4v) is 3.28. The van der Waals surface area contributed by atoms with E-state index in [1.165, 1.54) is 28.6 Å². The summed E-state index contributed by atoms with van der Waals surface area (Å²) in [4.78, 5) is 0. The predicted molar refractivity (Wildman–Crippen MR) is 72.6 cm³/mol. The number of aliphatic hydroxyl groups is 1. The fraction of sp³-hybridized carbons (Fsp3) is 0.538. The molecule has 1 aromatic carbocycles. The first-order valence-corrected chi connectivity index (χ1v) is 7.93. The van der Waals surface area contributed by atoms with Crippen LogP contribution in [0.4, 0.5) is 4.39 Å². The SMILES string of the molecule is CCCCN(CCO)S(=O)(=O)Cc1ccc(F)cc1. The molecule has 0 fully saturated rings. The van der Waals surface area contributed by atoms with Gasteiger partial charge in [0.05, 0.1) is 12.4 Å². The Balaban J connectivity index is 2.78. The maximum atomic E-state index is 12.8. The lowest BCUT2D eigenvalue weighted by molar-refractivity contribution is 0.252. The molecule has 108 valence electrons. The van der Waals surface area contributed by atoms with Crippen molar-refractivity contribution < 1.29 is 17.9 Å². The lowest BCUT2D eigenvalue weighted by Crippen LogP contribution is -2.35. The van der Waals surface area contributed by atoms with Gasteiger partial charge in [-0.2, -0.15) is 4.31 Å². The molecule has 0 aliphatic rings. The van der Waals surface area contributed by atoms with Crippen molar-refractivity contribution in [2.24, 2.45) is 0 Å². The smallest absolute Gasteiger partial charge is 0.218 e. The molecular formula is C13H20FNO3S. The summed E-state index contributed by atoms with van der Waals surface area (Å²) in [5.74, 6) is -0.559. The zero-order valence-corrected chi connectivity index (χ0v) is 11.9. The molecule has 0 saturated carbocycles. The van der Waals surface area contributed by atoms with Gasteiger partial charge in [-0.25, -0.2) is 12.8 Å². The highest BCUT2D eigenvalue weighted by Crippen LogP contribution is 2.12. The summed E-state index contributed by atoms with van der Waals surface area (Å²) in [6.45, 7) is 2.28. The molecule has 0 aliphatic heterocycles. The van der Waals surface area contributed by atoms with E-state index in [2.05, 4.69) is 0 Å². The van der Waals surface area contributed by atoms with Gasteiger partial charge in [-0.15, -0.1) is 0 Å². The standard InChI is InChI=1S/C13H20FNO3S/c1-2-3-8-15(9-10-16)19(17,18)11-12-4-6-13(14)7-5-12/h4-7,16H,2-3,8-11H2,1H3. The van der Waals surface area contributed by atoms with Crippen molar-refractivity contribution in [3.05, 3.63) is 35.6 Å². The zero-order valence-electron chi connectivity index (χ0n) is 11.0. The van der Waals surface area contributed by atoms with Gasteiger partial charge >= 0.3 is 0 Å². The van der Waals surface area contributed by atoms with E-state index in [0.717, 1.165) is 12.8 Å². The minimum absolute atomic E-state index is 0.101. The largest absolute Gasteiger partial charge is 0.395 e. The molecule has 4 nitrogen and oxygen atoms in total. The van der Waals surface area contributed by atoms with E-state index in [1.54, 1.807) is 0 Å². The molecule has 0 atom stereocenters. The van der Waals surface area contributed by atoms with Gasteiger partial charge in [-0.3, -0.25) is 0 Å². The Labute approximate surface area is 113 Å². The summed E-state index contributed by atoms with van der Waals surface area (Å²) in [7, 11) is -3.47. The van der Waals surface area contributed by atoms with Crippen LogP contribution in [0.25, 0.3) is 0 Å². The van der Waals surface area contributed by atoms with Gasteiger partial charge in [0, 0.05) is 13.1 Å². The van der Waals surface area contributed by atoms with Gasteiger partial charge in [-0.1, -0.05) is 25.5 Å². The zero-order chi connectivity index (χ0) is 14.3. The second-order valence-corrected chi connectivity index (χ2v) is 6.33. The van der Waals surface area contributed by atoms with Crippen molar-refractivity contribution in [3.63, 3.8) is 0 Å². The van der Waals surface area contributed by atoms with Crippen LogP contribution in [0.3, 0.4) is 0 Å². The Bertz CT molecular complexity index is 473. The number of sulfonamides is 1. The van der Waals surface area contributed by atoms with Crippen LogP contribution in [-0.4, -0.2) is 37.5 Å². The van der Waals surface area contributed by atoms with Crippen LogP contribution in [0.5, 0.6) is 0 Å². The predicted octanol–water partition coefficient (Wildman–Crippen LogP) is 1.75. The van der Waals surface area contributed by atoms with Gasteiger partial charge in [0.2, 0.25) is 10.0 Å². The summed E-state index contributed by atoms with van der Waals surface area (Å²) in [5, 5.41) is 8.95. The number of hydrogen-bond acceptors (Lipinski definition) is 3. The first kappa shape index (κ1) is 16.1. The van der Waals surface area contributed by atoms with Crippen molar-refractivity contribution in [1.82, 2.24) is 4.31 Å². The van der Waals surface area contributed by atoms with Crippen LogP contribution in [0.1, 0.15) is 25.3 Å². The normalized spacial score (nSPS) is 12.0. The molecule has 0 amide bonds. The van der Waals surface area contributed by atoms with Crippen LogP contribution in [-0.2, 0) is 15.8 Å². The summed E-state index contributed by atoms with van der Waals surface area (Å²) >= 11 is 0. The summed E-state index contributed by atoms with van der Waals surface area (Å²) in [5.41, 5.74) is 0.542. The molecule has 1 rings (SSSR count). The van der Waals surface area contributed by atoms with Gasteiger partial charge in [0.15, 0.2) is 0 Å². The molecule has 0 unspecified atom stereocenters. The number of nitrogens with zero attached hydrogens (tertiary/aromatic N) is 1. The van der Waals surface area contributed by atoms with E-state index >= 15 is 0 Å². The molecule has 6 heteroatoms. The third-order valence-electron chi connectivity index (χ3n) is 2.77. The molecule has 19 heavy (non-hydrogen) atoms. The molecule has 1 aromatic rings. The Kier molecular flexibility index (Phi) is 6.41. The molecule has 0 radical (unpaired) electrons. The minimum atomic E-state index is -3.47. The molecule has 0 spiro atoms. The molecule has 0 heterocycles. The van der Waals surface area contributed by atoms with Gasteiger partial charge in [0.25, 0.3) is 0 Å². The lowest BCUT2D eigenvalue weighted by Gasteiger charge is -2.21. The van der Waals surface area contributed by atoms with Crippen molar-refractivity contribution in [2.75, 3.05) is 19.7 Å². The number of rotatable bonds is 8. The number of benzene rings is 1. The average Bonchev–Trinajstić information content (AvgIpc) is 2.37. The second kappa shape index (κ2) is 7.57. The van der Waals surface area contributed by atoms with Gasteiger partial charge in [0.1, 0.15) is 5.82 Å². The minimum Gasteiger partial charge on any atom is -0.395 e. The van der Waals surface area contributed by atoms with Gasteiger partial charge < -0.3 is 5.11 Å². The third kappa shape index (κ3) is 5.26. The molecule has 0 bridgehead atoms. The Morgan fingerprint density at radius 1 is 1.21 bits per heavy atom. The van der Waals surface area contributed by atoms with Crippen LogP contribution in [0.2, 0.25) is 0 Å². The highest BCUT2D eigenvalue weighted by atomic mass is 32.2. The molecule has 1 N–H and O–H groups in total. The summed E-state index contributed by atoms with van der Waals surface area (Å²) in [6.07, 6.45) is 1.64. The van der Waals surface area contributed by atoms with E-state index in [-0.39, 0.29) is 24.7 Å². The van der Waals surface area contributed by atoms with E-state index in [9.17, 15) is 12.8 Å². The summed E-state index contributed by atoms with van der Waals surface area (Å²) in [6, 6.07) is 5.41. The first-order chi connectivity index (χ1) is 8.99. The van der Waals surface area contributed by atoms with Crippen molar-refractivity contribution in [1.29, 1.82) is 0 Å². The van der Waals surface area contributed by atoms with Crippen LogP contribution >= 0.6 is 0 Å². The Morgan fingerprint density at radius 2 is 1.84 bits per heavy atom. The third-order valence-corrected chi connectivity index (χ3v) is 4.62. The highest BCUT2D eigenvalue weighted by Gasteiger charge is 2.21. The molecular weight excluding hydrogens is 269 g/mol. The monoisotopic (exact) mass is 289 g/mol. The van der Waals surface area contributed by atoms with E-state index in [1.807, 2.05) is 6.92 Å². The Hall–Kier alpha value is -0.980. The van der Waals surface area contributed by atoms with Crippen LogP contribution < -0.4 is 0 Å². The highest BCUT2D eigenvalue weighted by molar-refractivity contribution is 7.88. The number of aliphatic hydroxyl groups excluding tert-OH is 1. The fourth-order valence-electron chi connectivity index (χ4n) is 1.72. The van der Waals surface area contributed by atoms with Gasteiger partial charge in [-0.05, 0) is 24.1 Å². The van der Waals surface area contributed by atoms with E-state index in [0.29, 0.717) is 12.1 Å². The number of unbranched alkanes of at least 4 members (excludes halogenated alkanes) is 1. The average molecular weight is 289 g/mol. The van der Waals surface area contributed by atoms with Crippen molar-refractivity contribution >= 4 is 10.0 Å². The van der Waals surface area contributed by atoms with E-state index < -0.39 is 10.0 Å².